The molecule has 0 bridgehead atoms. The quantitative estimate of drug-likeness (QED) is 0.735. The molecule has 2 nitrogen and oxygen atoms in total. The Bertz CT molecular complexity index is 482. The fraction of sp³-hybridized carbons (Fsp3) is 0.647. The summed E-state index contributed by atoms with van der Waals surface area (Å²) < 4.78 is 0. The normalized spacial score (nSPS) is 21.8. The van der Waals surface area contributed by atoms with Crippen LogP contribution in [0, 0.1) is 0 Å². The predicted molar refractivity (Wildman–Crippen MR) is 92.3 cm³/mol. The lowest BCUT2D eigenvalue weighted by Crippen LogP contribution is -2.37. The molecule has 0 saturated carbocycles. The summed E-state index contributed by atoms with van der Waals surface area (Å²) in [5, 5.41) is 7.35. The third-order valence-corrected chi connectivity index (χ3v) is 4.95. The maximum Gasteiger partial charge on any atom is 0.0519 e. The van der Waals surface area contributed by atoms with Gasteiger partial charge in [-0.15, -0.1) is 11.8 Å². The smallest absolute Gasteiger partial charge is 0.0519 e. The van der Waals surface area contributed by atoms with Gasteiger partial charge in [-0.25, -0.2) is 0 Å². The molecule has 1 heterocycles. The number of anilines is 2. The lowest BCUT2D eigenvalue weighted by Gasteiger charge is -2.39. The SMILES string of the molecule is CCC(C)Nc1cc(SC)c2c(c1)C(C)CC(C)(C)N2. The molecule has 112 valence electrons. The number of hydrogen-bond acceptors (Lipinski definition) is 3. The molecule has 2 unspecified atom stereocenters. The molecule has 0 spiro atoms. The van der Waals surface area contributed by atoms with Gasteiger partial charge in [0.1, 0.15) is 0 Å². The highest BCUT2D eigenvalue weighted by Gasteiger charge is 2.31. The maximum absolute atomic E-state index is 3.73. The van der Waals surface area contributed by atoms with Gasteiger partial charge in [-0.3, -0.25) is 0 Å². The van der Waals surface area contributed by atoms with Crippen molar-refractivity contribution in [1.29, 1.82) is 0 Å². The Balaban J connectivity index is 2.41. The molecule has 1 aliphatic rings. The van der Waals surface area contributed by atoms with Gasteiger partial charge in [-0.2, -0.15) is 0 Å². The summed E-state index contributed by atoms with van der Waals surface area (Å²) in [4.78, 5) is 1.35. The van der Waals surface area contributed by atoms with E-state index in [-0.39, 0.29) is 5.54 Å². The monoisotopic (exact) mass is 292 g/mol. The number of hydrogen-bond donors (Lipinski definition) is 2. The number of nitrogens with one attached hydrogen (secondary N) is 2. The van der Waals surface area contributed by atoms with E-state index in [0.717, 1.165) is 6.42 Å². The summed E-state index contributed by atoms with van der Waals surface area (Å²) in [6.45, 7) is 11.4. The molecule has 2 N–H and O–H groups in total. The van der Waals surface area contributed by atoms with Gasteiger partial charge in [0.05, 0.1) is 5.69 Å². The standard InChI is InChI=1S/C17H28N2S/c1-7-12(3)18-13-8-14-11(2)10-17(4,5)19-16(14)15(9-13)20-6/h8-9,11-12,18-19H,7,10H2,1-6H3. The lowest BCUT2D eigenvalue weighted by molar-refractivity contribution is 0.452. The predicted octanol–water partition coefficient (Wildman–Crippen LogP) is 5.32. The Morgan fingerprint density at radius 1 is 1.45 bits per heavy atom. The van der Waals surface area contributed by atoms with Crippen LogP contribution in [0.1, 0.15) is 58.9 Å². The van der Waals surface area contributed by atoms with Gasteiger partial charge >= 0.3 is 0 Å². The van der Waals surface area contributed by atoms with Crippen molar-refractivity contribution >= 4 is 23.1 Å². The van der Waals surface area contributed by atoms with Crippen molar-refractivity contribution in [3.63, 3.8) is 0 Å². The van der Waals surface area contributed by atoms with Crippen molar-refractivity contribution < 1.29 is 0 Å². The van der Waals surface area contributed by atoms with Crippen LogP contribution in [-0.2, 0) is 0 Å². The first-order valence-corrected chi connectivity index (χ1v) is 8.85. The van der Waals surface area contributed by atoms with Gasteiger partial charge in [-0.1, -0.05) is 13.8 Å². The fourth-order valence-electron chi connectivity index (χ4n) is 3.06. The van der Waals surface area contributed by atoms with Gasteiger partial charge < -0.3 is 10.6 Å². The third-order valence-electron chi connectivity index (χ3n) is 4.19. The van der Waals surface area contributed by atoms with Crippen LogP contribution in [0.15, 0.2) is 17.0 Å². The molecule has 0 aliphatic carbocycles. The van der Waals surface area contributed by atoms with Crippen molar-refractivity contribution in [3.8, 4) is 0 Å². The number of fused-ring (bicyclic) bond motifs is 1. The minimum absolute atomic E-state index is 0.183. The first-order valence-electron chi connectivity index (χ1n) is 7.63. The molecule has 0 aromatic heterocycles. The largest absolute Gasteiger partial charge is 0.383 e. The lowest BCUT2D eigenvalue weighted by atomic mass is 9.82. The van der Waals surface area contributed by atoms with Gasteiger partial charge in [0, 0.05) is 22.2 Å². The molecule has 2 atom stereocenters. The Kier molecular flexibility index (Phi) is 4.58. The molecule has 1 aromatic carbocycles. The summed E-state index contributed by atoms with van der Waals surface area (Å²) in [7, 11) is 0. The Labute approximate surface area is 128 Å². The highest BCUT2D eigenvalue weighted by atomic mass is 32.2. The second-order valence-electron chi connectivity index (χ2n) is 6.71. The molecular weight excluding hydrogens is 264 g/mol. The van der Waals surface area contributed by atoms with Crippen molar-refractivity contribution in [2.75, 3.05) is 16.9 Å². The van der Waals surface area contributed by atoms with Crippen LogP contribution in [-0.4, -0.2) is 17.8 Å². The average Bonchev–Trinajstić information content (AvgIpc) is 2.37. The highest BCUT2D eigenvalue weighted by molar-refractivity contribution is 7.98. The zero-order chi connectivity index (χ0) is 14.9. The fourth-order valence-corrected chi connectivity index (χ4v) is 3.67. The Hall–Kier alpha value is -0.830. The van der Waals surface area contributed by atoms with Crippen LogP contribution in [0.25, 0.3) is 0 Å². The van der Waals surface area contributed by atoms with Crippen LogP contribution in [0.5, 0.6) is 0 Å². The van der Waals surface area contributed by atoms with Gasteiger partial charge in [0.25, 0.3) is 0 Å². The third kappa shape index (κ3) is 3.25. The van der Waals surface area contributed by atoms with Crippen molar-refractivity contribution in [3.05, 3.63) is 17.7 Å². The van der Waals surface area contributed by atoms with E-state index >= 15 is 0 Å². The molecule has 0 radical (unpaired) electrons. The molecule has 0 fully saturated rings. The number of thioether (sulfide) groups is 1. The zero-order valence-electron chi connectivity index (χ0n) is 13.6. The first-order chi connectivity index (χ1) is 9.36. The molecule has 20 heavy (non-hydrogen) atoms. The van der Waals surface area contributed by atoms with E-state index in [1.54, 1.807) is 0 Å². The van der Waals surface area contributed by atoms with Crippen molar-refractivity contribution in [1.82, 2.24) is 0 Å². The molecule has 0 saturated heterocycles. The summed E-state index contributed by atoms with van der Waals surface area (Å²) in [6, 6.07) is 5.15. The van der Waals surface area contributed by atoms with E-state index in [1.165, 1.54) is 28.3 Å². The van der Waals surface area contributed by atoms with Crippen molar-refractivity contribution in [2.45, 2.75) is 69.9 Å². The van der Waals surface area contributed by atoms with Crippen LogP contribution >= 0.6 is 11.8 Å². The summed E-state index contributed by atoms with van der Waals surface area (Å²) in [5.41, 5.74) is 4.25. The van der Waals surface area contributed by atoms with E-state index < -0.39 is 0 Å². The molecule has 0 amide bonds. The average molecular weight is 292 g/mol. The summed E-state index contributed by atoms with van der Waals surface area (Å²) in [6.07, 6.45) is 4.49. The number of rotatable bonds is 4. The van der Waals surface area contributed by atoms with Crippen LogP contribution in [0.3, 0.4) is 0 Å². The van der Waals surface area contributed by atoms with Crippen LogP contribution in [0.2, 0.25) is 0 Å². The van der Waals surface area contributed by atoms with Gasteiger partial charge in [0.15, 0.2) is 0 Å². The van der Waals surface area contributed by atoms with Crippen LogP contribution < -0.4 is 10.6 Å². The second kappa shape index (κ2) is 5.88. The van der Waals surface area contributed by atoms with Crippen molar-refractivity contribution in [2.24, 2.45) is 0 Å². The number of benzene rings is 1. The van der Waals surface area contributed by atoms with E-state index in [4.69, 9.17) is 0 Å². The maximum atomic E-state index is 3.73. The summed E-state index contributed by atoms with van der Waals surface area (Å²) >= 11 is 1.83. The minimum Gasteiger partial charge on any atom is -0.383 e. The summed E-state index contributed by atoms with van der Waals surface area (Å²) in [5.74, 6) is 0.603. The highest BCUT2D eigenvalue weighted by Crippen LogP contribution is 2.44. The molecular formula is C17H28N2S. The van der Waals surface area contributed by atoms with E-state index in [1.807, 2.05) is 11.8 Å². The van der Waals surface area contributed by atoms with Gasteiger partial charge in [0.2, 0.25) is 0 Å². The molecule has 1 aliphatic heterocycles. The first kappa shape index (κ1) is 15.6. The minimum atomic E-state index is 0.183. The van der Waals surface area contributed by atoms with E-state index in [2.05, 4.69) is 63.6 Å². The Morgan fingerprint density at radius 3 is 2.75 bits per heavy atom. The van der Waals surface area contributed by atoms with Gasteiger partial charge in [-0.05, 0) is 63.5 Å². The van der Waals surface area contributed by atoms with E-state index in [0.29, 0.717) is 12.0 Å². The molecule has 2 rings (SSSR count). The van der Waals surface area contributed by atoms with Crippen LogP contribution in [0.4, 0.5) is 11.4 Å². The Morgan fingerprint density at radius 2 is 2.15 bits per heavy atom. The second-order valence-corrected chi connectivity index (χ2v) is 7.56. The zero-order valence-corrected chi connectivity index (χ0v) is 14.4. The molecule has 1 aromatic rings. The topological polar surface area (TPSA) is 24.1 Å². The van der Waals surface area contributed by atoms with E-state index in [9.17, 15) is 0 Å². The molecule has 3 heteroatoms.